The first-order valence-corrected chi connectivity index (χ1v) is 6.62. The molecule has 0 saturated heterocycles. The minimum atomic E-state index is -0.732. The SMILES string of the molecule is COc1ccc(C)cc1C(Cl)c1cc(C)c(F)cc1F. The molecule has 106 valence electrons. The number of aryl methyl sites for hydroxylation is 2. The lowest BCUT2D eigenvalue weighted by molar-refractivity contribution is 0.409. The summed E-state index contributed by atoms with van der Waals surface area (Å²) in [6.45, 7) is 3.49. The zero-order chi connectivity index (χ0) is 14.9. The van der Waals surface area contributed by atoms with Crippen LogP contribution in [0.1, 0.15) is 27.6 Å². The second kappa shape index (κ2) is 5.80. The van der Waals surface area contributed by atoms with Crippen LogP contribution in [-0.2, 0) is 0 Å². The van der Waals surface area contributed by atoms with Crippen molar-refractivity contribution in [3.05, 3.63) is 64.2 Å². The fraction of sp³-hybridized carbons (Fsp3) is 0.250. The number of ether oxygens (including phenoxy) is 1. The van der Waals surface area contributed by atoms with Crippen molar-refractivity contribution in [3.63, 3.8) is 0 Å². The molecule has 0 aliphatic heterocycles. The molecule has 0 aliphatic carbocycles. The predicted octanol–water partition coefficient (Wildman–Crippen LogP) is 4.92. The molecule has 0 N–H and O–H groups in total. The molecule has 0 radical (unpaired) electrons. The number of halogens is 3. The van der Waals surface area contributed by atoms with Gasteiger partial charge in [0.2, 0.25) is 0 Å². The van der Waals surface area contributed by atoms with E-state index < -0.39 is 17.0 Å². The summed E-state index contributed by atoms with van der Waals surface area (Å²) in [7, 11) is 1.53. The van der Waals surface area contributed by atoms with Gasteiger partial charge in [0, 0.05) is 17.2 Å². The Morgan fingerprint density at radius 3 is 2.35 bits per heavy atom. The molecule has 2 aromatic carbocycles. The van der Waals surface area contributed by atoms with Crippen LogP contribution in [0.2, 0.25) is 0 Å². The van der Waals surface area contributed by atoms with E-state index in [2.05, 4.69) is 0 Å². The summed E-state index contributed by atoms with van der Waals surface area (Å²) < 4.78 is 32.5. The predicted molar refractivity (Wildman–Crippen MR) is 76.5 cm³/mol. The first kappa shape index (κ1) is 14.8. The highest BCUT2D eigenvalue weighted by atomic mass is 35.5. The highest BCUT2D eigenvalue weighted by Gasteiger charge is 2.20. The number of hydrogen-bond donors (Lipinski definition) is 0. The van der Waals surface area contributed by atoms with Gasteiger partial charge in [-0.3, -0.25) is 0 Å². The molecule has 0 bridgehead atoms. The zero-order valence-electron chi connectivity index (χ0n) is 11.5. The van der Waals surface area contributed by atoms with Gasteiger partial charge in [-0.1, -0.05) is 17.7 Å². The van der Waals surface area contributed by atoms with Gasteiger partial charge in [-0.05, 0) is 31.5 Å². The van der Waals surface area contributed by atoms with E-state index in [9.17, 15) is 8.78 Å². The largest absolute Gasteiger partial charge is 0.496 e. The lowest BCUT2D eigenvalue weighted by atomic mass is 9.99. The average molecular weight is 297 g/mol. The normalized spacial score (nSPS) is 12.3. The van der Waals surface area contributed by atoms with Gasteiger partial charge in [0.15, 0.2) is 0 Å². The summed E-state index contributed by atoms with van der Waals surface area (Å²) in [5, 5.41) is -0.732. The van der Waals surface area contributed by atoms with Crippen LogP contribution in [0.4, 0.5) is 8.78 Å². The molecule has 0 amide bonds. The molecule has 20 heavy (non-hydrogen) atoms. The Balaban J connectivity index is 2.54. The van der Waals surface area contributed by atoms with E-state index in [1.165, 1.54) is 13.2 Å². The lowest BCUT2D eigenvalue weighted by Crippen LogP contribution is -2.02. The average Bonchev–Trinajstić information content (AvgIpc) is 2.42. The maximum Gasteiger partial charge on any atom is 0.131 e. The lowest BCUT2D eigenvalue weighted by Gasteiger charge is -2.16. The van der Waals surface area contributed by atoms with Gasteiger partial charge in [-0.25, -0.2) is 8.78 Å². The van der Waals surface area contributed by atoms with Crippen LogP contribution in [-0.4, -0.2) is 7.11 Å². The van der Waals surface area contributed by atoms with Crippen molar-refractivity contribution in [1.29, 1.82) is 0 Å². The standard InChI is InChI=1S/C16H15ClF2O/c1-9-4-5-15(20-3)12(6-9)16(17)11-7-10(2)13(18)8-14(11)19/h4-8,16H,1-3H3. The fourth-order valence-electron chi connectivity index (χ4n) is 2.09. The second-order valence-corrected chi connectivity index (χ2v) is 5.17. The van der Waals surface area contributed by atoms with E-state index in [0.717, 1.165) is 11.6 Å². The van der Waals surface area contributed by atoms with Gasteiger partial charge in [0.1, 0.15) is 17.4 Å². The number of alkyl halides is 1. The zero-order valence-corrected chi connectivity index (χ0v) is 12.3. The topological polar surface area (TPSA) is 9.23 Å². The third kappa shape index (κ3) is 2.78. The highest BCUT2D eigenvalue weighted by molar-refractivity contribution is 6.22. The van der Waals surface area contributed by atoms with E-state index in [1.807, 2.05) is 19.1 Å². The Labute approximate surface area is 122 Å². The van der Waals surface area contributed by atoms with E-state index in [4.69, 9.17) is 16.3 Å². The monoisotopic (exact) mass is 296 g/mol. The van der Waals surface area contributed by atoms with Gasteiger partial charge in [-0.2, -0.15) is 0 Å². The number of benzene rings is 2. The van der Waals surface area contributed by atoms with E-state index in [1.54, 1.807) is 13.0 Å². The Morgan fingerprint density at radius 2 is 1.70 bits per heavy atom. The van der Waals surface area contributed by atoms with Crippen molar-refractivity contribution < 1.29 is 13.5 Å². The van der Waals surface area contributed by atoms with Crippen LogP contribution in [0.15, 0.2) is 30.3 Å². The maximum atomic E-state index is 13.9. The van der Waals surface area contributed by atoms with Gasteiger partial charge in [-0.15, -0.1) is 11.6 Å². The summed E-state index contributed by atoms with van der Waals surface area (Å²) in [5.74, 6) is -0.653. The molecule has 4 heteroatoms. The first-order valence-electron chi connectivity index (χ1n) is 6.18. The van der Waals surface area contributed by atoms with Crippen LogP contribution in [0.5, 0.6) is 5.75 Å². The Hall–Kier alpha value is -1.61. The van der Waals surface area contributed by atoms with Crippen molar-refractivity contribution in [2.24, 2.45) is 0 Å². The van der Waals surface area contributed by atoms with Crippen molar-refractivity contribution >= 4 is 11.6 Å². The van der Waals surface area contributed by atoms with Crippen molar-refractivity contribution in [2.45, 2.75) is 19.2 Å². The Kier molecular flexibility index (Phi) is 4.29. The quantitative estimate of drug-likeness (QED) is 0.731. The van der Waals surface area contributed by atoms with E-state index in [-0.39, 0.29) is 5.56 Å². The van der Waals surface area contributed by atoms with Crippen LogP contribution >= 0.6 is 11.6 Å². The molecule has 1 atom stereocenters. The second-order valence-electron chi connectivity index (χ2n) is 4.73. The molecule has 1 unspecified atom stereocenters. The molecule has 2 aromatic rings. The number of methoxy groups -OCH3 is 1. The minimum Gasteiger partial charge on any atom is -0.496 e. The molecule has 0 heterocycles. The molecule has 0 aromatic heterocycles. The van der Waals surface area contributed by atoms with Gasteiger partial charge in [0.25, 0.3) is 0 Å². The third-order valence-electron chi connectivity index (χ3n) is 3.21. The molecule has 0 fully saturated rings. The Bertz CT molecular complexity index is 641. The van der Waals surface area contributed by atoms with E-state index in [0.29, 0.717) is 16.9 Å². The van der Waals surface area contributed by atoms with Crippen LogP contribution in [0, 0.1) is 25.5 Å². The summed E-state index contributed by atoms with van der Waals surface area (Å²) in [5.41, 5.74) is 2.26. The molecule has 0 aliphatic rings. The number of rotatable bonds is 3. The van der Waals surface area contributed by atoms with Crippen molar-refractivity contribution in [3.8, 4) is 5.75 Å². The van der Waals surface area contributed by atoms with Crippen LogP contribution < -0.4 is 4.74 Å². The van der Waals surface area contributed by atoms with Crippen molar-refractivity contribution in [2.75, 3.05) is 7.11 Å². The molecular weight excluding hydrogens is 282 g/mol. The third-order valence-corrected chi connectivity index (χ3v) is 3.68. The molecule has 1 nitrogen and oxygen atoms in total. The van der Waals surface area contributed by atoms with Crippen LogP contribution in [0.3, 0.4) is 0 Å². The highest BCUT2D eigenvalue weighted by Crippen LogP contribution is 2.37. The smallest absolute Gasteiger partial charge is 0.131 e. The van der Waals surface area contributed by atoms with Crippen molar-refractivity contribution in [1.82, 2.24) is 0 Å². The van der Waals surface area contributed by atoms with Gasteiger partial charge >= 0.3 is 0 Å². The summed E-state index contributed by atoms with van der Waals surface area (Å²) >= 11 is 6.37. The summed E-state index contributed by atoms with van der Waals surface area (Å²) in [6, 6.07) is 7.81. The maximum absolute atomic E-state index is 13.9. The fourth-order valence-corrected chi connectivity index (χ4v) is 2.43. The van der Waals surface area contributed by atoms with Crippen LogP contribution in [0.25, 0.3) is 0 Å². The van der Waals surface area contributed by atoms with E-state index >= 15 is 0 Å². The molecule has 2 rings (SSSR count). The van der Waals surface area contributed by atoms with Gasteiger partial charge in [0.05, 0.1) is 12.5 Å². The summed E-state index contributed by atoms with van der Waals surface area (Å²) in [6.07, 6.45) is 0. The van der Waals surface area contributed by atoms with Gasteiger partial charge < -0.3 is 4.74 Å². The molecule has 0 saturated carbocycles. The summed E-state index contributed by atoms with van der Waals surface area (Å²) in [4.78, 5) is 0. The minimum absolute atomic E-state index is 0.245. The first-order chi connectivity index (χ1) is 9.43. The molecule has 0 spiro atoms. The molecular formula is C16H15ClF2O. The Morgan fingerprint density at radius 1 is 1.00 bits per heavy atom. The number of hydrogen-bond acceptors (Lipinski definition) is 1.